The van der Waals surface area contributed by atoms with Crippen LogP contribution in [0.4, 0.5) is 4.39 Å². The van der Waals surface area contributed by atoms with E-state index in [0.29, 0.717) is 6.54 Å². The van der Waals surface area contributed by atoms with Crippen molar-refractivity contribution in [2.45, 2.75) is 25.8 Å². The number of nitriles is 1. The van der Waals surface area contributed by atoms with E-state index in [1.807, 2.05) is 6.07 Å². The molecule has 0 fully saturated rings. The zero-order valence-corrected chi connectivity index (χ0v) is 9.67. The number of benzene rings is 1. The lowest BCUT2D eigenvalue weighted by molar-refractivity contribution is 0.615. The Kier molecular flexibility index (Phi) is 5.79. The lowest BCUT2D eigenvalue weighted by Crippen LogP contribution is -2.14. The molecule has 0 aliphatic heterocycles. The molecule has 0 bridgehead atoms. The number of rotatable bonds is 6. The summed E-state index contributed by atoms with van der Waals surface area (Å²) < 4.78 is 13.0. The van der Waals surface area contributed by atoms with Crippen LogP contribution in [-0.4, -0.2) is 6.54 Å². The third-order valence-corrected chi connectivity index (χ3v) is 2.41. The second-order valence-electron chi connectivity index (χ2n) is 3.76. The number of terminal acetylenes is 1. The predicted octanol–water partition coefficient (Wildman–Crippen LogP) is 2.59. The standard InChI is InChI=1S/C14H15FN2/c1-2-3-4-5-8-17-11-12-6-7-14(15)13(9-12)10-16/h1,6-7,9,17H,3-5,8,11H2. The van der Waals surface area contributed by atoms with Crippen molar-refractivity contribution in [1.29, 1.82) is 5.26 Å². The van der Waals surface area contributed by atoms with Gasteiger partial charge in [-0.25, -0.2) is 4.39 Å². The molecule has 1 N–H and O–H groups in total. The molecule has 17 heavy (non-hydrogen) atoms. The Labute approximate surface area is 101 Å². The minimum Gasteiger partial charge on any atom is -0.313 e. The van der Waals surface area contributed by atoms with Crippen LogP contribution in [0.3, 0.4) is 0 Å². The maximum absolute atomic E-state index is 13.0. The first kappa shape index (κ1) is 13.2. The van der Waals surface area contributed by atoms with Crippen LogP contribution in [0.15, 0.2) is 18.2 Å². The van der Waals surface area contributed by atoms with E-state index in [4.69, 9.17) is 11.7 Å². The molecule has 88 valence electrons. The van der Waals surface area contributed by atoms with Crippen LogP contribution in [0.1, 0.15) is 30.4 Å². The number of unbranched alkanes of at least 4 members (excludes halogenated alkanes) is 2. The SMILES string of the molecule is C#CCCCCNCc1ccc(F)c(C#N)c1. The first-order valence-corrected chi connectivity index (χ1v) is 5.60. The summed E-state index contributed by atoms with van der Waals surface area (Å²) in [6.45, 7) is 1.52. The Morgan fingerprint density at radius 3 is 2.88 bits per heavy atom. The lowest BCUT2D eigenvalue weighted by atomic mass is 10.1. The van der Waals surface area contributed by atoms with Crippen molar-refractivity contribution < 1.29 is 4.39 Å². The summed E-state index contributed by atoms with van der Waals surface area (Å²) >= 11 is 0. The van der Waals surface area contributed by atoms with E-state index in [-0.39, 0.29) is 5.56 Å². The molecule has 0 saturated heterocycles. The van der Waals surface area contributed by atoms with Gasteiger partial charge in [-0.2, -0.15) is 5.26 Å². The summed E-state index contributed by atoms with van der Waals surface area (Å²) in [7, 11) is 0. The van der Waals surface area contributed by atoms with Crippen molar-refractivity contribution in [2.75, 3.05) is 6.54 Å². The monoisotopic (exact) mass is 230 g/mol. The third kappa shape index (κ3) is 4.68. The van der Waals surface area contributed by atoms with E-state index < -0.39 is 5.82 Å². The van der Waals surface area contributed by atoms with Crippen LogP contribution in [0.5, 0.6) is 0 Å². The Morgan fingerprint density at radius 2 is 2.18 bits per heavy atom. The van der Waals surface area contributed by atoms with Crippen molar-refractivity contribution >= 4 is 0 Å². The van der Waals surface area contributed by atoms with Crippen LogP contribution in [-0.2, 0) is 6.54 Å². The highest BCUT2D eigenvalue weighted by atomic mass is 19.1. The number of nitrogens with one attached hydrogen (secondary N) is 1. The second kappa shape index (κ2) is 7.44. The minimum absolute atomic E-state index is 0.0941. The highest BCUT2D eigenvalue weighted by Gasteiger charge is 2.01. The van der Waals surface area contributed by atoms with Gasteiger partial charge in [-0.1, -0.05) is 6.07 Å². The normalized spacial score (nSPS) is 9.59. The van der Waals surface area contributed by atoms with Gasteiger partial charge in [0.25, 0.3) is 0 Å². The number of hydrogen-bond donors (Lipinski definition) is 1. The summed E-state index contributed by atoms with van der Waals surface area (Å²) in [4.78, 5) is 0. The molecule has 0 radical (unpaired) electrons. The molecule has 1 rings (SSSR count). The Bertz CT molecular complexity index is 441. The molecule has 1 aromatic rings. The Morgan fingerprint density at radius 1 is 1.35 bits per heavy atom. The lowest BCUT2D eigenvalue weighted by Gasteiger charge is -2.05. The minimum atomic E-state index is -0.467. The summed E-state index contributed by atoms with van der Waals surface area (Å²) in [5.41, 5.74) is 1.01. The van der Waals surface area contributed by atoms with Gasteiger partial charge in [0.2, 0.25) is 0 Å². The van der Waals surface area contributed by atoms with Gasteiger partial charge < -0.3 is 5.32 Å². The van der Waals surface area contributed by atoms with Gasteiger partial charge in [0.15, 0.2) is 0 Å². The molecule has 0 unspecified atom stereocenters. The van der Waals surface area contributed by atoms with E-state index in [2.05, 4.69) is 11.2 Å². The third-order valence-electron chi connectivity index (χ3n) is 2.41. The van der Waals surface area contributed by atoms with Crippen LogP contribution in [0.2, 0.25) is 0 Å². The fourth-order valence-electron chi connectivity index (χ4n) is 1.48. The van der Waals surface area contributed by atoms with E-state index in [9.17, 15) is 4.39 Å². The summed E-state index contributed by atoms with van der Waals surface area (Å²) in [6.07, 6.45) is 7.98. The van der Waals surface area contributed by atoms with E-state index in [1.165, 1.54) is 6.07 Å². The predicted molar refractivity (Wildman–Crippen MR) is 65.5 cm³/mol. The molecule has 0 heterocycles. The molecule has 0 amide bonds. The van der Waals surface area contributed by atoms with Crippen molar-refractivity contribution in [2.24, 2.45) is 0 Å². The molecule has 0 aliphatic carbocycles. The quantitative estimate of drug-likeness (QED) is 0.602. The Balaban J connectivity index is 2.33. The first-order chi connectivity index (χ1) is 8.27. The smallest absolute Gasteiger partial charge is 0.140 e. The molecule has 0 aromatic heterocycles. The number of nitrogens with zero attached hydrogens (tertiary/aromatic N) is 1. The molecule has 0 aliphatic rings. The van der Waals surface area contributed by atoms with Crippen molar-refractivity contribution in [3.05, 3.63) is 35.1 Å². The molecule has 1 aromatic carbocycles. The molecule has 3 heteroatoms. The van der Waals surface area contributed by atoms with Gasteiger partial charge in [0, 0.05) is 13.0 Å². The van der Waals surface area contributed by atoms with Crippen LogP contribution in [0.25, 0.3) is 0 Å². The highest BCUT2D eigenvalue weighted by Crippen LogP contribution is 2.09. The van der Waals surface area contributed by atoms with Gasteiger partial charge in [-0.15, -0.1) is 12.3 Å². The summed E-state index contributed by atoms with van der Waals surface area (Å²) in [5, 5.41) is 11.9. The van der Waals surface area contributed by atoms with Gasteiger partial charge in [-0.05, 0) is 37.1 Å². The highest BCUT2D eigenvalue weighted by molar-refractivity contribution is 5.34. The summed E-state index contributed by atoms with van der Waals surface area (Å²) in [6, 6.07) is 6.41. The summed E-state index contributed by atoms with van der Waals surface area (Å²) in [5.74, 6) is 2.12. The van der Waals surface area contributed by atoms with E-state index in [1.54, 1.807) is 12.1 Å². The molecular formula is C14H15FN2. The van der Waals surface area contributed by atoms with E-state index in [0.717, 1.165) is 31.4 Å². The van der Waals surface area contributed by atoms with Gasteiger partial charge in [-0.3, -0.25) is 0 Å². The van der Waals surface area contributed by atoms with Crippen molar-refractivity contribution in [3.63, 3.8) is 0 Å². The van der Waals surface area contributed by atoms with Crippen LogP contribution < -0.4 is 5.32 Å². The van der Waals surface area contributed by atoms with Crippen molar-refractivity contribution in [1.82, 2.24) is 5.32 Å². The largest absolute Gasteiger partial charge is 0.313 e. The van der Waals surface area contributed by atoms with Gasteiger partial charge in [0.05, 0.1) is 5.56 Å². The topological polar surface area (TPSA) is 35.8 Å². The van der Waals surface area contributed by atoms with Gasteiger partial charge in [0.1, 0.15) is 11.9 Å². The van der Waals surface area contributed by atoms with Crippen LogP contribution >= 0.6 is 0 Å². The fourth-order valence-corrected chi connectivity index (χ4v) is 1.48. The molecular weight excluding hydrogens is 215 g/mol. The molecule has 0 spiro atoms. The number of halogens is 1. The zero-order valence-electron chi connectivity index (χ0n) is 9.67. The average molecular weight is 230 g/mol. The average Bonchev–Trinajstić information content (AvgIpc) is 2.35. The maximum atomic E-state index is 13.0. The van der Waals surface area contributed by atoms with Gasteiger partial charge >= 0.3 is 0 Å². The second-order valence-corrected chi connectivity index (χ2v) is 3.76. The van der Waals surface area contributed by atoms with Crippen LogP contribution in [0, 0.1) is 29.5 Å². The zero-order chi connectivity index (χ0) is 12.5. The fraction of sp³-hybridized carbons (Fsp3) is 0.357. The maximum Gasteiger partial charge on any atom is 0.140 e. The Hall–Kier alpha value is -1.84. The molecule has 2 nitrogen and oxygen atoms in total. The molecule has 0 atom stereocenters. The van der Waals surface area contributed by atoms with Crippen molar-refractivity contribution in [3.8, 4) is 18.4 Å². The first-order valence-electron chi connectivity index (χ1n) is 5.60. The molecule has 0 saturated carbocycles. The number of hydrogen-bond acceptors (Lipinski definition) is 2. The van der Waals surface area contributed by atoms with E-state index >= 15 is 0 Å².